The number of para-hydroxylation sites is 1. The van der Waals surface area contributed by atoms with Gasteiger partial charge in [0.25, 0.3) is 5.91 Å². The van der Waals surface area contributed by atoms with Crippen molar-refractivity contribution in [1.29, 1.82) is 0 Å². The number of hydrogen-bond donors (Lipinski definition) is 2. The van der Waals surface area contributed by atoms with Crippen molar-refractivity contribution in [3.8, 4) is 0 Å². The second-order valence-electron chi connectivity index (χ2n) is 5.83. The fraction of sp³-hybridized carbons (Fsp3) is 0.100. The second-order valence-corrected chi connectivity index (χ2v) is 5.83. The van der Waals surface area contributed by atoms with Gasteiger partial charge in [-0.2, -0.15) is 0 Å². The molecule has 0 bridgehead atoms. The lowest BCUT2D eigenvalue weighted by molar-refractivity contribution is 0.102. The zero-order chi connectivity index (χ0) is 18.5. The number of pyridine rings is 1. The van der Waals surface area contributed by atoms with E-state index in [2.05, 4.69) is 21.7 Å². The number of halogens is 2. The molecule has 4 nitrogen and oxygen atoms in total. The summed E-state index contributed by atoms with van der Waals surface area (Å²) in [5.74, 6) is -2.36. The van der Waals surface area contributed by atoms with Gasteiger partial charge in [0.05, 0.1) is 11.9 Å². The van der Waals surface area contributed by atoms with Crippen LogP contribution in [0.3, 0.4) is 0 Å². The molecule has 0 aliphatic heterocycles. The molecule has 2 aromatic carbocycles. The molecule has 0 unspecified atom stereocenters. The minimum Gasteiger partial charge on any atom is -0.380 e. The lowest BCUT2D eigenvalue weighted by atomic mass is 10.1. The second kappa shape index (κ2) is 7.74. The van der Waals surface area contributed by atoms with Gasteiger partial charge in [-0.05, 0) is 36.8 Å². The molecule has 132 valence electrons. The lowest BCUT2D eigenvalue weighted by Crippen LogP contribution is -2.15. The third-order valence-corrected chi connectivity index (χ3v) is 3.78. The van der Waals surface area contributed by atoms with E-state index in [1.165, 1.54) is 23.9 Å². The Hall–Kier alpha value is -3.28. The molecule has 1 heterocycles. The molecule has 0 saturated heterocycles. The van der Waals surface area contributed by atoms with Crippen molar-refractivity contribution in [2.45, 2.75) is 13.5 Å². The number of amides is 1. The molecule has 3 rings (SSSR count). The van der Waals surface area contributed by atoms with Crippen molar-refractivity contribution in [2.75, 3.05) is 10.6 Å². The van der Waals surface area contributed by atoms with Gasteiger partial charge in [-0.1, -0.05) is 35.9 Å². The van der Waals surface area contributed by atoms with E-state index < -0.39 is 23.2 Å². The number of rotatable bonds is 5. The van der Waals surface area contributed by atoms with Crippen LogP contribution in [0.2, 0.25) is 0 Å². The maximum absolute atomic E-state index is 13.6. The van der Waals surface area contributed by atoms with Crippen LogP contribution < -0.4 is 10.6 Å². The first-order valence-electron chi connectivity index (χ1n) is 8.04. The van der Waals surface area contributed by atoms with Crippen molar-refractivity contribution in [3.63, 3.8) is 0 Å². The van der Waals surface area contributed by atoms with E-state index in [-0.39, 0.29) is 5.69 Å². The maximum atomic E-state index is 13.6. The molecular weight excluding hydrogens is 336 g/mol. The van der Waals surface area contributed by atoms with Gasteiger partial charge in [-0.25, -0.2) is 13.8 Å². The highest BCUT2D eigenvalue weighted by Gasteiger charge is 2.14. The number of nitrogens with one attached hydrogen (secondary N) is 2. The third-order valence-electron chi connectivity index (χ3n) is 3.78. The van der Waals surface area contributed by atoms with E-state index in [9.17, 15) is 13.6 Å². The molecule has 0 aliphatic rings. The average molecular weight is 353 g/mol. The molecule has 3 aromatic rings. The largest absolute Gasteiger partial charge is 0.380 e. The van der Waals surface area contributed by atoms with Crippen LogP contribution in [0.5, 0.6) is 0 Å². The Labute approximate surface area is 149 Å². The van der Waals surface area contributed by atoms with Gasteiger partial charge < -0.3 is 10.6 Å². The molecule has 2 N–H and O–H groups in total. The standard InChI is InChI=1S/C20H17F2N3O/c1-13-4-2-5-14(10-13)11-23-15-8-9-18(24-12-15)20(26)25-19-16(21)6-3-7-17(19)22/h2-10,12,23H,11H2,1H3,(H,25,26). The van der Waals surface area contributed by atoms with Crippen molar-refractivity contribution < 1.29 is 13.6 Å². The van der Waals surface area contributed by atoms with Crippen LogP contribution in [0.1, 0.15) is 21.6 Å². The number of carbonyl (C=O) groups excluding carboxylic acids is 1. The first kappa shape index (κ1) is 17.5. The van der Waals surface area contributed by atoms with Crippen LogP contribution in [0, 0.1) is 18.6 Å². The van der Waals surface area contributed by atoms with Gasteiger partial charge in [-0.15, -0.1) is 0 Å². The quantitative estimate of drug-likeness (QED) is 0.708. The third kappa shape index (κ3) is 4.22. The van der Waals surface area contributed by atoms with Crippen LogP contribution in [-0.4, -0.2) is 10.9 Å². The molecule has 1 aromatic heterocycles. The summed E-state index contributed by atoms with van der Waals surface area (Å²) < 4.78 is 27.2. The van der Waals surface area contributed by atoms with E-state index >= 15 is 0 Å². The Balaban J connectivity index is 1.64. The first-order valence-corrected chi connectivity index (χ1v) is 8.04. The molecule has 0 fully saturated rings. The Bertz CT molecular complexity index is 906. The summed E-state index contributed by atoms with van der Waals surface area (Å²) in [7, 11) is 0. The van der Waals surface area contributed by atoms with Crippen LogP contribution in [0.25, 0.3) is 0 Å². The summed E-state index contributed by atoms with van der Waals surface area (Å²) in [6.07, 6.45) is 1.50. The van der Waals surface area contributed by atoms with E-state index in [0.29, 0.717) is 6.54 Å². The molecule has 0 spiro atoms. The number of nitrogens with zero attached hydrogens (tertiary/aromatic N) is 1. The zero-order valence-electron chi connectivity index (χ0n) is 14.1. The highest BCUT2D eigenvalue weighted by atomic mass is 19.1. The summed E-state index contributed by atoms with van der Waals surface area (Å²) in [5.41, 5.74) is 2.62. The topological polar surface area (TPSA) is 54.0 Å². The number of hydrogen-bond acceptors (Lipinski definition) is 3. The van der Waals surface area contributed by atoms with Crippen molar-refractivity contribution >= 4 is 17.3 Å². The predicted octanol–water partition coefficient (Wildman–Crippen LogP) is 4.53. The van der Waals surface area contributed by atoms with Crippen molar-refractivity contribution in [2.24, 2.45) is 0 Å². The number of aryl methyl sites for hydroxylation is 1. The van der Waals surface area contributed by atoms with Crippen LogP contribution >= 0.6 is 0 Å². The maximum Gasteiger partial charge on any atom is 0.274 e. The van der Waals surface area contributed by atoms with Crippen molar-refractivity contribution in [3.05, 3.63) is 89.2 Å². The summed E-state index contributed by atoms with van der Waals surface area (Å²) in [4.78, 5) is 16.2. The Kier molecular flexibility index (Phi) is 5.22. The molecule has 6 heteroatoms. The average Bonchev–Trinajstić information content (AvgIpc) is 2.63. The highest BCUT2D eigenvalue weighted by molar-refractivity contribution is 6.03. The van der Waals surface area contributed by atoms with Crippen LogP contribution in [0.15, 0.2) is 60.8 Å². The van der Waals surface area contributed by atoms with Gasteiger partial charge in [0.15, 0.2) is 0 Å². The van der Waals surface area contributed by atoms with Gasteiger partial charge >= 0.3 is 0 Å². The summed E-state index contributed by atoms with van der Waals surface area (Å²) in [5, 5.41) is 5.41. The molecule has 26 heavy (non-hydrogen) atoms. The number of aromatic nitrogens is 1. The van der Waals surface area contributed by atoms with Gasteiger partial charge in [0, 0.05) is 6.54 Å². The Morgan fingerprint density at radius 2 is 1.77 bits per heavy atom. The zero-order valence-corrected chi connectivity index (χ0v) is 14.1. The highest BCUT2D eigenvalue weighted by Crippen LogP contribution is 2.19. The molecular formula is C20H17F2N3O. The normalized spacial score (nSPS) is 10.4. The van der Waals surface area contributed by atoms with E-state index in [1.54, 1.807) is 6.07 Å². The summed E-state index contributed by atoms with van der Waals surface area (Å²) in [6, 6.07) is 14.7. The van der Waals surface area contributed by atoms with E-state index in [4.69, 9.17) is 0 Å². The molecule has 1 amide bonds. The van der Waals surface area contributed by atoms with Crippen LogP contribution in [0.4, 0.5) is 20.2 Å². The molecule has 0 aliphatic carbocycles. The van der Waals surface area contributed by atoms with Crippen LogP contribution in [-0.2, 0) is 6.54 Å². The predicted molar refractivity (Wildman–Crippen MR) is 97.1 cm³/mol. The Morgan fingerprint density at radius 1 is 1.04 bits per heavy atom. The van der Waals surface area contributed by atoms with E-state index in [0.717, 1.165) is 23.4 Å². The monoisotopic (exact) mass is 353 g/mol. The first-order chi connectivity index (χ1) is 12.5. The van der Waals surface area contributed by atoms with Gasteiger partial charge in [0.1, 0.15) is 23.0 Å². The van der Waals surface area contributed by atoms with Gasteiger partial charge in [0.2, 0.25) is 0 Å². The fourth-order valence-corrected chi connectivity index (χ4v) is 2.45. The van der Waals surface area contributed by atoms with E-state index in [1.807, 2.05) is 25.1 Å². The van der Waals surface area contributed by atoms with Crippen molar-refractivity contribution in [1.82, 2.24) is 4.98 Å². The summed E-state index contributed by atoms with van der Waals surface area (Å²) in [6.45, 7) is 2.65. The molecule has 0 atom stereocenters. The molecule has 0 saturated carbocycles. The fourth-order valence-electron chi connectivity index (χ4n) is 2.45. The SMILES string of the molecule is Cc1cccc(CNc2ccc(C(=O)Nc3c(F)cccc3F)nc2)c1. The number of benzene rings is 2. The molecule has 0 radical (unpaired) electrons. The lowest BCUT2D eigenvalue weighted by Gasteiger charge is -2.09. The number of carbonyl (C=O) groups is 1. The Morgan fingerprint density at radius 3 is 2.42 bits per heavy atom. The minimum atomic E-state index is -0.838. The minimum absolute atomic E-state index is 0.0637. The smallest absolute Gasteiger partial charge is 0.274 e. The number of anilines is 2. The van der Waals surface area contributed by atoms with Gasteiger partial charge in [-0.3, -0.25) is 4.79 Å². The summed E-state index contributed by atoms with van der Waals surface area (Å²) >= 11 is 0.